The van der Waals surface area contributed by atoms with Gasteiger partial charge in [0, 0.05) is 42.9 Å². The van der Waals surface area contributed by atoms with E-state index in [1.54, 1.807) is 0 Å². The van der Waals surface area contributed by atoms with Gasteiger partial charge in [0.05, 0.1) is 6.61 Å². The summed E-state index contributed by atoms with van der Waals surface area (Å²) < 4.78 is 5.44. The molecule has 2 saturated heterocycles. The third kappa shape index (κ3) is 2.80. The van der Waals surface area contributed by atoms with Crippen LogP contribution in [0.2, 0.25) is 0 Å². The van der Waals surface area contributed by atoms with E-state index < -0.39 is 0 Å². The molecule has 2 aliphatic heterocycles. The Kier molecular flexibility index (Phi) is 3.92. The SMILES string of the molecule is CC(Nc1cccc(N2CCCC2=O)c1)C1CCOC1. The van der Waals surface area contributed by atoms with E-state index in [0.29, 0.717) is 18.4 Å². The van der Waals surface area contributed by atoms with Crippen molar-refractivity contribution in [2.75, 3.05) is 30.0 Å². The first-order chi connectivity index (χ1) is 9.74. The Hall–Kier alpha value is -1.55. The average molecular weight is 274 g/mol. The Morgan fingerprint density at radius 2 is 2.35 bits per heavy atom. The van der Waals surface area contributed by atoms with Crippen molar-refractivity contribution in [2.24, 2.45) is 5.92 Å². The van der Waals surface area contributed by atoms with Crippen molar-refractivity contribution in [1.82, 2.24) is 0 Å². The fourth-order valence-electron chi connectivity index (χ4n) is 3.01. The average Bonchev–Trinajstić information content (AvgIpc) is 3.10. The highest BCUT2D eigenvalue weighted by atomic mass is 16.5. The molecule has 0 saturated carbocycles. The molecule has 1 amide bonds. The van der Waals surface area contributed by atoms with Gasteiger partial charge in [-0.05, 0) is 38.0 Å². The number of ether oxygens (including phenoxy) is 1. The largest absolute Gasteiger partial charge is 0.382 e. The van der Waals surface area contributed by atoms with Crippen LogP contribution in [0.3, 0.4) is 0 Å². The van der Waals surface area contributed by atoms with Crippen LogP contribution in [0.15, 0.2) is 24.3 Å². The lowest BCUT2D eigenvalue weighted by Crippen LogP contribution is -2.27. The Labute approximate surface area is 120 Å². The molecule has 2 aliphatic rings. The van der Waals surface area contributed by atoms with Crippen LogP contribution in [0.4, 0.5) is 11.4 Å². The van der Waals surface area contributed by atoms with Crippen LogP contribution < -0.4 is 10.2 Å². The number of carbonyl (C=O) groups is 1. The summed E-state index contributed by atoms with van der Waals surface area (Å²) in [5.74, 6) is 0.812. The number of rotatable bonds is 4. The van der Waals surface area contributed by atoms with Crippen molar-refractivity contribution in [3.8, 4) is 0 Å². The second-order valence-electron chi connectivity index (χ2n) is 5.76. The number of carbonyl (C=O) groups excluding carboxylic acids is 1. The molecule has 108 valence electrons. The Balaban J connectivity index is 1.69. The van der Waals surface area contributed by atoms with Crippen molar-refractivity contribution >= 4 is 17.3 Å². The van der Waals surface area contributed by atoms with Gasteiger partial charge in [0.25, 0.3) is 0 Å². The maximum absolute atomic E-state index is 11.8. The second-order valence-corrected chi connectivity index (χ2v) is 5.76. The minimum absolute atomic E-state index is 0.236. The van der Waals surface area contributed by atoms with E-state index >= 15 is 0 Å². The molecule has 1 aromatic carbocycles. The van der Waals surface area contributed by atoms with Crippen LogP contribution in [0, 0.1) is 5.92 Å². The number of benzene rings is 1. The van der Waals surface area contributed by atoms with Crippen LogP contribution in [0.5, 0.6) is 0 Å². The minimum Gasteiger partial charge on any atom is -0.382 e. The van der Waals surface area contributed by atoms with Gasteiger partial charge in [-0.1, -0.05) is 6.07 Å². The molecule has 0 radical (unpaired) electrons. The topological polar surface area (TPSA) is 41.6 Å². The zero-order valence-electron chi connectivity index (χ0n) is 12.0. The number of hydrogen-bond acceptors (Lipinski definition) is 3. The molecule has 20 heavy (non-hydrogen) atoms. The molecule has 1 aromatic rings. The van der Waals surface area contributed by atoms with Crippen LogP contribution in [-0.2, 0) is 9.53 Å². The molecule has 1 N–H and O–H groups in total. The third-order valence-electron chi connectivity index (χ3n) is 4.30. The van der Waals surface area contributed by atoms with Crippen molar-refractivity contribution in [3.63, 3.8) is 0 Å². The first-order valence-corrected chi connectivity index (χ1v) is 7.49. The number of anilines is 2. The maximum Gasteiger partial charge on any atom is 0.227 e. The number of hydrogen-bond donors (Lipinski definition) is 1. The van der Waals surface area contributed by atoms with E-state index in [1.807, 2.05) is 17.0 Å². The Bertz CT molecular complexity index is 483. The van der Waals surface area contributed by atoms with Gasteiger partial charge in [0.2, 0.25) is 5.91 Å². The molecule has 0 aromatic heterocycles. The molecule has 2 atom stereocenters. The monoisotopic (exact) mass is 274 g/mol. The highest BCUT2D eigenvalue weighted by Crippen LogP contribution is 2.26. The maximum atomic E-state index is 11.8. The van der Waals surface area contributed by atoms with Crippen molar-refractivity contribution in [1.29, 1.82) is 0 Å². The second kappa shape index (κ2) is 5.83. The fraction of sp³-hybridized carbons (Fsp3) is 0.562. The number of nitrogens with one attached hydrogen (secondary N) is 1. The summed E-state index contributed by atoms with van der Waals surface area (Å²) in [5.41, 5.74) is 2.09. The van der Waals surface area contributed by atoms with Crippen molar-refractivity contribution < 1.29 is 9.53 Å². The van der Waals surface area contributed by atoms with E-state index in [4.69, 9.17) is 4.74 Å². The standard InChI is InChI=1S/C16H22N2O2/c1-12(13-7-9-20-11-13)17-14-4-2-5-15(10-14)18-8-3-6-16(18)19/h2,4-5,10,12-13,17H,3,6-9,11H2,1H3. The summed E-state index contributed by atoms with van der Waals surface area (Å²) in [4.78, 5) is 13.7. The van der Waals surface area contributed by atoms with E-state index in [-0.39, 0.29) is 5.91 Å². The van der Waals surface area contributed by atoms with Crippen molar-refractivity contribution in [2.45, 2.75) is 32.2 Å². The fourth-order valence-corrected chi connectivity index (χ4v) is 3.01. The van der Waals surface area contributed by atoms with E-state index in [9.17, 15) is 4.79 Å². The van der Waals surface area contributed by atoms with Crippen LogP contribution in [0.1, 0.15) is 26.2 Å². The van der Waals surface area contributed by atoms with Crippen LogP contribution in [0.25, 0.3) is 0 Å². The highest BCUT2D eigenvalue weighted by molar-refractivity contribution is 5.95. The van der Waals surface area contributed by atoms with Gasteiger partial charge < -0.3 is 15.0 Å². The molecule has 0 spiro atoms. The first kappa shape index (κ1) is 13.4. The molecule has 2 heterocycles. The zero-order chi connectivity index (χ0) is 13.9. The molecule has 2 fully saturated rings. The highest BCUT2D eigenvalue weighted by Gasteiger charge is 2.24. The van der Waals surface area contributed by atoms with Gasteiger partial charge in [-0.25, -0.2) is 0 Å². The molecular formula is C16H22N2O2. The van der Waals surface area contributed by atoms with Crippen LogP contribution >= 0.6 is 0 Å². The third-order valence-corrected chi connectivity index (χ3v) is 4.30. The lowest BCUT2D eigenvalue weighted by Gasteiger charge is -2.22. The summed E-state index contributed by atoms with van der Waals surface area (Å²) in [7, 11) is 0. The van der Waals surface area contributed by atoms with Crippen molar-refractivity contribution in [3.05, 3.63) is 24.3 Å². The van der Waals surface area contributed by atoms with E-state index in [1.165, 1.54) is 0 Å². The molecule has 0 bridgehead atoms. The molecular weight excluding hydrogens is 252 g/mol. The summed E-state index contributed by atoms with van der Waals surface area (Å²) in [5, 5.41) is 3.54. The minimum atomic E-state index is 0.236. The van der Waals surface area contributed by atoms with Gasteiger partial charge >= 0.3 is 0 Å². The summed E-state index contributed by atoms with van der Waals surface area (Å²) >= 11 is 0. The predicted molar refractivity (Wildman–Crippen MR) is 80.0 cm³/mol. The van der Waals surface area contributed by atoms with Gasteiger partial charge in [-0.2, -0.15) is 0 Å². The van der Waals surface area contributed by atoms with Gasteiger partial charge in [0.15, 0.2) is 0 Å². The normalized spacial score (nSPS) is 24.1. The van der Waals surface area contributed by atoms with E-state index in [0.717, 1.165) is 44.0 Å². The Morgan fingerprint density at radius 1 is 1.45 bits per heavy atom. The summed E-state index contributed by atoms with van der Waals surface area (Å²) in [6.07, 6.45) is 2.76. The lowest BCUT2D eigenvalue weighted by molar-refractivity contribution is -0.117. The molecule has 3 rings (SSSR count). The predicted octanol–water partition coefficient (Wildman–Crippen LogP) is 2.65. The number of amides is 1. The van der Waals surface area contributed by atoms with Gasteiger partial charge in [-0.3, -0.25) is 4.79 Å². The molecule has 4 nitrogen and oxygen atoms in total. The van der Waals surface area contributed by atoms with Crippen LogP contribution in [-0.4, -0.2) is 31.7 Å². The lowest BCUT2D eigenvalue weighted by atomic mass is 10.0. The molecule has 4 heteroatoms. The van der Waals surface area contributed by atoms with Gasteiger partial charge in [-0.15, -0.1) is 0 Å². The Morgan fingerprint density at radius 3 is 3.05 bits per heavy atom. The summed E-state index contributed by atoms with van der Waals surface area (Å²) in [6.45, 7) is 4.76. The quantitative estimate of drug-likeness (QED) is 0.917. The molecule has 2 unspecified atom stereocenters. The van der Waals surface area contributed by atoms with Gasteiger partial charge in [0.1, 0.15) is 0 Å². The first-order valence-electron chi connectivity index (χ1n) is 7.49. The van der Waals surface area contributed by atoms with E-state index in [2.05, 4.69) is 24.4 Å². The number of nitrogens with zero attached hydrogens (tertiary/aromatic N) is 1. The molecule has 0 aliphatic carbocycles. The smallest absolute Gasteiger partial charge is 0.227 e. The zero-order valence-corrected chi connectivity index (χ0v) is 12.0. The summed E-state index contributed by atoms with van der Waals surface area (Å²) in [6, 6.07) is 8.56.